The summed E-state index contributed by atoms with van der Waals surface area (Å²) < 4.78 is 0. The molecule has 3 fully saturated rings. The Morgan fingerprint density at radius 3 is 2.19 bits per heavy atom. The zero-order valence-electron chi connectivity index (χ0n) is 16.8. The van der Waals surface area contributed by atoms with Gasteiger partial charge in [0, 0.05) is 29.9 Å². The Morgan fingerprint density at radius 2 is 1.56 bits per heavy atom. The van der Waals surface area contributed by atoms with Crippen LogP contribution in [0.3, 0.4) is 0 Å². The van der Waals surface area contributed by atoms with E-state index in [-0.39, 0.29) is 0 Å². The Kier molecular flexibility index (Phi) is 6.34. The van der Waals surface area contributed by atoms with Crippen molar-refractivity contribution < 1.29 is 0 Å². The van der Waals surface area contributed by atoms with Gasteiger partial charge in [-0.1, -0.05) is 44.7 Å². The third-order valence-electron chi connectivity index (χ3n) is 6.98. The summed E-state index contributed by atoms with van der Waals surface area (Å²) in [6.07, 6.45) is 14.9. The highest BCUT2D eigenvalue weighted by Gasteiger charge is 2.41. The van der Waals surface area contributed by atoms with E-state index in [0.717, 1.165) is 35.3 Å². The molecule has 2 N–H and O–H groups in total. The van der Waals surface area contributed by atoms with Gasteiger partial charge < -0.3 is 10.6 Å². The molecular formula is C23H35N3S. The minimum atomic E-state index is 0.523. The molecule has 2 aliphatic heterocycles. The average Bonchev–Trinajstić information content (AvgIpc) is 2.68. The average molecular weight is 386 g/mol. The predicted octanol–water partition coefficient (Wildman–Crippen LogP) is 5.25. The van der Waals surface area contributed by atoms with Gasteiger partial charge in [0.1, 0.15) is 0 Å². The van der Waals surface area contributed by atoms with Crippen LogP contribution in [0.5, 0.6) is 0 Å². The number of aryl methyl sites for hydroxylation is 1. The molecule has 27 heavy (non-hydrogen) atoms. The Labute approximate surface area is 170 Å². The molecule has 4 heteroatoms. The maximum absolute atomic E-state index is 5.63. The number of nitrogens with one attached hydrogen (secondary N) is 2. The van der Waals surface area contributed by atoms with Crippen molar-refractivity contribution in [2.75, 3.05) is 5.32 Å². The van der Waals surface area contributed by atoms with Gasteiger partial charge in [-0.15, -0.1) is 0 Å². The van der Waals surface area contributed by atoms with Crippen LogP contribution in [0.25, 0.3) is 0 Å². The zero-order chi connectivity index (χ0) is 18.6. The molecule has 0 radical (unpaired) electrons. The van der Waals surface area contributed by atoms with E-state index >= 15 is 0 Å². The number of thiocarbonyl (C=S) groups is 1. The van der Waals surface area contributed by atoms with Crippen LogP contribution in [0.15, 0.2) is 24.3 Å². The van der Waals surface area contributed by atoms with Crippen molar-refractivity contribution in [3.63, 3.8) is 0 Å². The molecule has 0 unspecified atom stereocenters. The first-order valence-corrected chi connectivity index (χ1v) is 11.6. The maximum Gasteiger partial charge on any atom is 0.170 e. The van der Waals surface area contributed by atoms with Crippen LogP contribution in [0, 0.1) is 0 Å². The van der Waals surface area contributed by atoms with Crippen LogP contribution in [0.1, 0.15) is 76.7 Å². The molecule has 2 heterocycles. The molecule has 4 rings (SSSR count). The Bertz CT molecular complexity index is 609. The number of nitrogens with zero attached hydrogens (tertiary/aromatic N) is 1. The molecule has 0 amide bonds. The summed E-state index contributed by atoms with van der Waals surface area (Å²) in [5.41, 5.74) is 2.45. The fourth-order valence-electron chi connectivity index (χ4n) is 5.69. The topological polar surface area (TPSA) is 27.3 Å². The third kappa shape index (κ3) is 4.65. The molecule has 3 aliphatic rings. The first-order chi connectivity index (χ1) is 13.2. The van der Waals surface area contributed by atoms with Crippen molar-refractivity contribution in [2.24, 2.45) is 0 Å². The number of benzene rings is 1. The van der Waals surface area contributed by atoms with Gasteiger partial charge >= 0.3 is 0 Å². The number of fused-ring (bicyclic) bond motifs is 2. The van der Waals surface area contributed by atoms with Gasteiger partial charge in [-0.25, -0.2) is 0 Å². The van der Waals surface area contributed by atoms with Crippen molar-refractivity contribution in [3.8, 4) is 0 Å². The fourth-order valence-corrected chi connectivity index (χ4v) is 5.97. The van der Waals surface area contributed by atoms with Crippen molar-refractivity contribution in [2.45, 2.75) is 102 Å². The number of hydrogen-bond donors (Lipinski definition) is 2. The lowest BCUT2D eigenvalue weighted by Crippen LogP contribution is -2.60. The highest BCUT2D eigenvalue weighted by atomic mass is 32.1. The van der Waals surface area contributed by atoms with Crippen LogP contribution >= 0.6 is 12.2 Å². The Balaban J connectivity index is 1.33. The second-order valence-corrected chi connectivity index (χ2v) is 9.20. The highest BCUT2D eigenvalue weighted by molar-refractivity contribution is 7.80. The summed E-state index contributed by atoms with van der Waals surface area (Å²) in [5.74, 6) is 0. The van der Waals surface area contributed by atoms with E-state index in [1.54, 1.807) is 0 Å². The Hall–Kier alpha value is -1.13. The first kappa shape index (κ1) is 19.2. The number of rotatable bonds is 4. The zero-order valence-corrected chi connectivity index (χ0v) is 17.6. The summed E-state index contributed by atoms with van der Waals surface area (Å²) in [7, 11) is 0. The van der Waals surface area contributed by atoms with Crippen LogP contribution in [-0.4, -0.2) is 34.2 Å². The number of anilines is 1. The predicted molar refractivity (Wildman–Crippen MR) is 118 cm³/mol. The summed E-state index contributed by atoms with van der Waals surface area (Å²) in [4.78, 5) is 2.95. The van der Waals surface area contributed by atoms with Crippen LogP contribution in [-0.2, 0) is 6.42 Å². The number of piperidine rings is 2. The molecule has 1 aromatic carbocycles. The minimum Gasteiger partial charge on any atom is -0.360 e. The molecule has 0 aromatic heterocycles. The summed E-state index contributed by atoms with van der Waals surface area (Å²) in [5, 5.41) is 7.81. The molecule has 1 saturated carbocycles. The second-order valence-electron chi connectivity index (χ2n) is 8.79. The fraction of sp³-hybridized carbons (Fsp3) is 0.696. The van der Waals surface area contributed by atoms with E-state index in [2.05, 4.69) is 46.7 Å². The van der Waals surface area contributed by atoms with E-state index in [1.165, 1.54) is 69.8 Å². The van der Waals surface area contributed by atoms with Gasteiger partial charge in [-0.05, 0) is 74.9 Å². The lowest BCUT2D eigenvalue weighted by atomic mass is 9.78. The van der Waals surface area contributed by atoms with Crippen molar-refractivity contribution >= 4 is 23.0 Å². The lowest BCUT2D eigenvalue weighted by molar-refractivity contribution is -0.0195. The van der Waals surface area contributed by atoms with Gasteiger partial charge in [0.25, 0.3) is 0 Å². The van der Waals surface area contributed by atoms with Crippen molar-refractivity contribution in [1.82, 2.24) is 10.2 Å². The quantitative estimate of drug-likeness (QED) is 0.692. The molecule has 3 nitrogen and oxygen atoms in total. The van der Waals surface area contributed by atoms with Gasteiger partial charge in [-0.3, -0.25) is 4.90 Å². The van der Waals surface area contributed by atoms with E-state index in [0.29, 0.717) is 6.04 Å². The lowest BCUT2D eigenvalue weighted by Gasteiger charge is -2.53. The molecule has 0 spiro atoms. The van der Waals surface area contributed by atoms with Gasteiger partial charge in [0.15, 0.2) is 5.11 Å². The van der Waals surface area contributed by atoms with Crippen LogP contribution < -0.4 is 10.6 Å². The first-order valence-electron chi connectivity index (χ1n) is 11.2. The summed E-state index contributed by atoms with van der Waals surface area (Å²) >= 11 is 5.63. The summed E-state index contributed by atoms with van der Waals surface area (Å²) in [6.45, 7) is 2.19. The molecule has 2 atom stereocenters. The minimum absolute atomic E-state index is 0.523. The van der Waals surface area contributed by atoms with Gasteiger partial charge in [0.05, 0.1) is 0 Å². The van der Waals surface area contributed by atoms with E-state index in [1.807, 2.05) is 0 Å². The Morgan fingerprint density at radius 1 is 0.926 bits per heavy atom. The molecule has 148 valence electrons. The van der Waals surface area contributed by atoms with Gasteiger partial charge in [0.2, 0.25) is 0 Å². The van der Waals surface area contributed by atoms with Crippen molar-refractivity contribution in [3.05, 3.63) is 29.8 Å². The van der Waals surface area contributed by atoms with E-state index in [4.69, 9.17) is 12.2 Å². The standard InChI is InChI=1S/C23H35N3S/c1-2-17-11-13-18(14-12-17)24-23(27)25-19-15-21-9-6-10-22(16-19)26(21)20-7-4-3-5-8-20/h11-14,19-22H,2-10,15-16H2,1H3,(H2,24,25,27)/t21-,22-/m0/s1. The highest BCUT2D eigenvalue weighted by Crippen LogP contribution is 2.39. The third-order valence-corrected chi connectivity index (χ3v) is 7.20. The van der Waals surface area contributed by atoms with E-state index < -0.39 is 0 Å². The molecule has 2 saturated heterocycles. The monoisotopic (exact) mass is 385 g/mol. The SMILES string of the molecule is CCc1ccc(NC(=S)NC2C[C@@H]3CCC[C@@H](C2)N3C2CCCCC2)cc1. The molecule has 1 aromatic rings. The normalized spacial score (nSPS) is 29.3. The molecule has 2 bridgehead atoms. The van der Waals surface area contributed by atoms with Crippen molar-refractivity contribution in [1.29, 1.82) is 0 Å². The largest absolute Gasteiger partial charge is 0.360 e. The van der Waals surface area contributed by atoms with Crippen LogP contribution in [0.2, 0.25) is 0 Å². The second kappa shape index (κ2) is 8.91. The number of hydrogen-bond acceptors (Lipinski definition) is 2. The molecule has 1 aliphatic carbocycles. The van der Waals surface area contributed by atoms with E-state index in [9.17, 15) is 0 Å². The van der Waals surface area contributed by atoms with Gasteiger partial charge in [-0.2, -0.15) is 0 Å². The molecular weight excluding hydrogens is 350 g/mol. The maximum atomic E-state index is 5.63. The van der Waals surface area contributed by atoms with Crippen LogP contribution in [0.4, 0.5) is 5.69 Å². The smallest absolute Gasteiger partial charge is 0.170 e. The summed E-state index contributed by atoms with van der Waals surface area (Å²) in [6, 6.07) is 11.5.